The number of carboxylic acids is 1. The van der Waals surface area contributed by atoms with Crippen LogP contribution in [-0.2, 0) is 4.79 Å². The van der Waals surface area contributed by atoms with Gasteiger partial charge in [0, 0.05) is 5.56 Å². The zero-order valence-corrected chi connectivity index (χ0v) is 12.4. The van der Waals surface area contributed by atoms with Gasteiger partial charge in [0.05, 0.1) is 5.56 Å². The normalized spacial score (nSPS) is 12.2. The highest BCUT2D eigenvalue weighted by Crippen LogP contribution is 2.20. The van der Waals surface area contributed by atoms with Crippen LogP contribution in [-0.4, -0.2) is 35.0 Å². The molecule has 0 aliphatic heterocycles. The fourth-order valence-corrected chi connectivity index (χ4v) is 2.32. The average molecular weight is 285 g/mol. The average Bonchev–Trinajstić information content (AvgIpc) is 2.58. The molecule has 0 fully saturated rings. The Morgan fingerprint density at radius 1 is 1.32 bits per heavy atom. The number of nitrogens with one attached hydrogen (secondary N) is 1. The molecule has 0 aromatic carbocycles. The zero-order valence-electron chi connectivity index (χ0n) is 11.6. The molecule has 2 N–H and O–H groups in total. The smallest absolute Gasteiger partial charge is 0.326 e. The molecule has 1 aromatic heterocycles. The van der Waals surface area contributed by atoms with Crippen molar-refractivity contribution < 1.29 is 19.1 Å². The summed E-state index contributed by atoms with van der Waals surface area (Å²) in [6, 6.07) is -0.867. The summed E-state index contributed by atoms with van der Waals surface area (Å²) in [5.41, 5.74) is 1.19. The molecule has 6 heteroatoms. The summed E-state index contributed by atoms with van der Waals surface area (Å²) in [5, 5.41) is 11.6. The summed E-state index contributed by atoms with van der Waals surface area (Å²) in [7, 11) is 0. The lowest BCUT2D eigenvalue weighted by molar-refractivity contribution is -0.139. The van der Waals surface area contributed by atoms with Crippen molar-refractivity contribution in [2.75, 3.05) is 12.0 Å². The topological polar surface area (TPSA) is 79.5 Å². The summed E-state index contributed by atoms with van der Waals surface area (Å²) < 4.78 is 5.38. The van der Waals surface area contributed by atoms with Crippen LogP contribution in [0.15, 0.2) is 4.42 Å². The van der Waals surface area contributed by atoms with Crippen LogP contribution in [0, 0.1) is 20.8 Å². The van der Waals surface area contributed by atoms with Crippen molar-refractivity contribution >= 4 is 23.6 Å². The van der Waals surface area contributed by atoms with E-state index in [1.807, 2.05) is 6.26 Å². The van der Waals surface area contributed by atoms with E-state index < -0.39 is 12.0 Å². The molecule has 0 saturated carbocycles. The Balaban J connectivity index is 2.85. The third kappa shape index (κ3) is 3.76. The fourth-order valence-electron chi connectivity index (χ4n) is 1.85. The molecule has 1 amide bonds. The Kier molecular flexibility index (Phi) is 5.47. The molecule has 0 radical (unpaired) electrons. The lowest BCUT2D eigenvalue weighted by Gasteiger charge is -2.14. The second kappa shape index (κ2) is 6.65. The summed E-state index contributed by atoms with van der Waals surface area (Å²) in [4.78, 5) is 23.2. The SMILES string of the molecule is CSCC[C@H](NC(=O)c1c(C)oc(C)c1C)C(=O)O. The van der Waals surface area contributed by atoms with Gasteiger partial charge in [-0.1, -0.05) is 0 Å². The number of furan rings is 1. The first-order valence-electron chi connectivity index (χ1n) is 5.97. The van der Waals surface area contributed by atoms with Gasteiger partial charge >= 0.3 is 5.97 Å². The summed E-state index contributed by atoms with van der Waals surface area (Å²) >= 11 is 1.55. The van der Waals surface area contributed by atoms with Crippen molar-refractivity contribution in [1.29, 1.82) is 0 Å². The zero-order chi connectivity index (χ0) is 14.6. The minimum Gasteiger partial charge on any atom is -0.480 e. The fraction of sp³-hybridized carbons (Fsp3) is 0.538. The van der Waals surface area contributed by atoms with Gasteiger partial charge < -0.3 is 14.8 Å². The quantitative estimate of drug-likeness (QED) is 0.837. The number of hydrogen-bond acceptors (Lipinski definition) is 4. The molecule has 0 saturated heterocycles. The Morgan fingerprint density at radius 2 is 1.95 bits per heavy atom. The maximum Gasteiger partial charge on any atom is 0.326 e. The molecule has 1 atom stereocenters. The second-order valence-electron chi connectivity index (χ2n) is 4.36. The van der Waals surface area contributed by atoms with E-state index >= 15 is 0 Å². The maximum atomic E-state index is 12.1. The van der Waals surface area contributed by atoms with Crippen LogP contribution in [0.2, 0.25) is 0 Å². The number of carboxylic acid groups (broad SMARTS) is 1. The van der Waals surface area contributed by atoms with Crippen LogP contribution in [0.25, 0.3) is 0 Å². The minimum absolute atomic E-state index is 0.389. The standard InChI is InChI=1S/C13H19NO4S/c1-7-8(2)18-9(3)11(7)12(15)14-10(13(16)17)5-6-19-4/h10H,5-6H2,1-4H3,(H,14,15)(H,16,17)/t10-/m0/s1. The van der Waals surface area contributed by atoms with Crippen molar-refractivity contribution in [1.82, 2.24) is 5.32 Å². The van der Waals surface area contributed by atoms with Crippen LogP contribution < -0.4 is 5.32 Å². The number of thioether (sulfide) groups is 1. The Bertz CT molecular complexity index is 481. The first-order chi connectivity index (χ1) is 8.88. The van der Waals surface area contributed by atoms with Gasteiger partial charge in [-0.3, -0.25) is 4.79 Å². The van der Waals surface area contributed by atoms with E-state index in [0.717, 1.165) is 5.56 Å². The number of aliphatic carboxylic acids is 1. The summed E-state index contributed by atoms with van der Waals surface area (Å²) in [5.74, 6) is 0.470. The van der Waals surface area contributed by atoms with E-state index in [1.54, 1.807) is 32.5 Å². The highest BCUT2D eigenvalue weighted by molar-refractivity contribution is 7.98. The van der Waals surface area contributed by atoms with Crippen molar-refractivity contribution in [3.8, 4) is 0 Å². The molecule has 1 aromatic rings. The highest BCUT2D eigenvalue weighted by atomic mass is 32.2. The van der Waals surface area contributed by atoms with Crippen LogP contribution in [0.5, 0.6) is 0 Å². The molecule has 0 aliphatic rings. The van der Waals surface area contributed by atoms with Gasteiger partial charge in [-0.05, 0) is 39.2 Å². The number of amides is 1. The van der Waals surface area contributed by atoms with Crippen molar-refractivity contribution in [3.63, 3.8) is 0 Å². The third-order valence-corrected chi connectivity index (χ3v) is 3.65. The molecular weight excluding hydrogens is 266 g/mol. The number of rotatable bonds is 6. The van der Waals surface area contributed by atoms with E-state index in [1.165, 1.54) is 0 Å². The molecule has 0 spiro atoms. The Morgan fingerprint density at radius 3 is 2.37 bits per heavy atom. The van der Waals surface area contributed by atoms with Crippen LogP contribution >= 0.6 is 11.8 Å². The van der Waals surface area contributed by atoms with Crippen LogP contribution in [0.1, 0.15) is 33.9 Å². The molecule has 1 rings (SSSR count). The Labute approximate surface area is 116 Å². The van der Waals surface area contributed by atoms with Gasteiger partial charge in [0.15, 0.2) is 0 Å². The number of carbonyl (C=O) groups excluding carboxylic acids is 1. The minimum atomic E-state index is -1.02. The van der Waals surface area contributed by atoms with E-state index in [9.17, 15) is 9.59 Å². The van der Waals surface area contributed by atoms with Gasteiger partial charge in [-0.15, -0.1) is 0 Å². The Hall–Kier alpha value is -1.43. The van der Waals surface area contributed by atoms with E-state index in [2.05, 4.69) is 5.32 Å². The molecular formula is C13H19NO4S. The molecule has 0 aliphatic carbocycles. The monoisotopic (exact) mass is 285 g/mol. The molecule has 5 nitrogen and oxygen atoms in total. The second-order valence-corrected chi connectivity index (χ2v) is 5.35. The summed E-state index contributed by atoms with van der Waals surface area (Å²) in [6.45, 7) is 5.27. The molecule has 0 unspecified atom stereocenters. The maximum absolute atomic E-state index is 12.1. The number of hydrogen-bond donors (Lipinski definition) is 2. The predicted octanol–water partition coefficient (Wildman–Crippen LogP) is 2.14. The molecule has 19 heavy (non-hydrogen) atoms. The van der Waals surface area contributed by atoms with E-state index in [4.69, 9.17) is 9.52 Å². The van der Waals surface area contributed by atoms with Crippen LogP contribution in [0.3, 0.4) is 0 Å². The van der Waals surface area contributed by atoms with Crippen molar-refractivity contribution in [2.24, 2.45) is 0 Å². The molecule has 106 valence electrons. The first-order valence-corrected chi connectivity index (χ1v) is 7.37. The summed E-state index contributed by atoms with van der Waals surface area (Å²) in [6.07, 6.45) is 2.30. The predicted molar refractivity (Wildman–Crippen MR) is 74.8 cm³/mol. The van der Waals surface area contributed by atoms with Gasteiger partial charge in [-0.2, -0.15) is 11.8 Å². The number of carbonyl (C=O) groups is 2. The largest absolute Gasteiger partial charge is 0.480 e. The first kappa shape index (κ1) is 15.6. The number of aryl methyl sites for hydroxylation is 2. The third-order valence-electron chi connectivity index (χ3n) is 3.00. The van der Waals surface area contributed by atoms with Gasteiger partial charge in [0.25, 0.3) is 5.91 Å². The van der Waals surface area contributed by atoms with Crippen molar-refractivity contribution in [2.45, 2.75) is 33.2 Å². The van der Waals surface area contributed by atoms with E-state index in [-0.39, 0.29) is 5.91 Å². The molecule has 0 bridgehead atoms. The van der Waals surface area contributed by atoms with Gasteiger partial charge in [0.1, 0.15) is 17.6 Å². The van der Waals surface area contributed by atoms with Gasteiger partial charge in [-0.25, -0.2) is 4.79 Å². The van der Waals surface area contributed by atoms with Crippen molar-refractivity contribution in [3.05, 3.63) is 22.6 Å². The lowest BCUT2D eigenvalue weighted by Crippen LogP contribution is -2.41. The highest BCUT2D eigenvalue weighted by Gasteiger charge is 2.24. The van der Waals surface area contributed by atoms with Gasteiger partial charge in [0.2, 0.25) is 0 Å². The lowest BCUT2D eigenvalue weighted by atomic mass is 10.1. The molecule has 1 heterocycles. The van der Waals surface area contributed by atoms with E-state index in [0.29, 0.717) is 29.3 Å². The van der Waals surface area contributed by atoms with Crippen LogP contribution in [0.4, 0.5) is 0 Å².